The quantitative estimate of drug-likeness (QED) is 0.618. The molecule has 0 atom stereocenters. The van der Waals surface area contributed by atoms with Gasteiger partial charge in [0.25, 0.3) is 0 Å². The first-order valence-corrected chi connectivity index (χ1v) is 3.12. The van der Waals surface area contributed by atoms with Gasteiger partial charge in [0, 0.05) is 18.9 Å². The maximum Gasteiger partial charge on any atom is 0.133 e. The maximum absolute atomic E-state index is 8.23. The lowest BCUT2D eigenvalue weighted by molar-refractivity contribution is 0.390. The van der Waals surface area contributed by atoms with Gasteiger partial charge in [0.1, 0.15) is 5.76 Å². The topological polar surface area (TPSA) is 49.8 Å². The molecule has 0 spiro atoms. The average molecular weight is 136 g/mol. The summed E-state index contributed by atoms with van der Waals surface area (Å²) in [6.45, 7) is 1.84. The standard InChI is InChI=1S/C7H8N2O/c1-6-5-7(9-10-6)3-2-4-8/h5H,2-3H2,1H3. The van der Waals surface area contributed by atoms with Gasteiger partial charge in [-0.1, -0.05) is 5.16 Å². The summed E-state index contributed by atoms with van der Waals surface area (Å²) in [5.41, 5.74) is 0.860. The van der Waals surface area contributed by atoms with Crippen molar-refractivity contribution in [1.29, 1.82) is 5.26 Å². The molecule has 3 nitrogen and oxygen atoms in total. The Bertz CT molecular complexity index is 246. The fourth-order valence-electron chi connectivity index (χ4n) is 0.720. The molecule has 0 unspecified atom stereocenters. The number of nitriles is 1. The van der Waals surface area contributed by atoms with Crippen LogP contribution in [-0.4, -0.2) is 5.16 Å². The summed E-state index contributed by atoms with van der Waals surface area (Å²) in [4.78, 5) is 0. The highest BCUT2D eigenvalue weighted by molar-refractivity contribution is 5.04. The van der Waals surface area contributed by atoms with Gasteiger partial charge in [-0.05, 0) is 6.92 Å². The SMILES string of the molecule is Cc1cc(CCC#N)no1. The molecule has 1 aromatic rings. The second-order valence-electron chi connectivity index (χ2n) is 2.09. The van der Waals surface area contributed by atoms with E-state index in [2.05, 4.69) is 5.16 Å². The monoisotopic (exact) mass is 136 g/mol. The van der Waals surface area contributed by atoms with Crippen molar-refractivity contribution in [2.75, 3.05) is 0 Å². The molecule has 1 aromatic heterocycles. The normalized spacial score (nSPS) is 9.20. The molecule has 52 valence electrons. The van der Waals surface area contributed by atoms with Gasteiger partial charge in [-0.25, -0.2) is 0 Å². The molecule has 0 radical (unpaired) electrons. The van der Waals surface area contributed by atoms with Gasteiger partial charge in [0.15, 0.2) is 0 Å². The molecule has 0 saturated heterocycles. The van der Waals surface area contributed by atoms with E-state index in [0.29, 0.717) is 12.8 Å². The van der Waals surface area contributed by atoms with Crippen LogP contribution in [0.25, 0.3) is 0 Å². The Hall–Kier alpha value is -1.30. The van der Waals surface area contributed by atoms with E-state index in [1.165, 1.54) is 0 Å². The van der Waals surface area contributed by atoms with Gasteiger partial charge in [0.2, 0.25) is 0 Å². The van der Waals surface area contributed by atoms with Gasteiger partial charge in [0.05, 0.1) is 11.8 Å². The molecule has 0 fully saturated rings. The van der Waals surface area contributed by atoms with Crippen LogP contribution in [0.15, 0.2) is 10.6 Å². The second kappa shape index (κ2) is 3.02. The smallest absolute Gasteiger partial charge is 0.133 e. The van der Waals surface area contributed by atoms with Crippen molar-refractivity contribution in [3.63, 3.8) is 0 Å². The molecule has 0 aliphatic heterocycles. The minimum absolute atomic E-state index is 0.506. The summed E-state index contributed by atoms with van der Waals surface area (Å²) >= 11 is 0. The molecule has 0 aliphatic rings. The van der Waals surface area contributed by atoms with Crippen LogP contribution in [0.1, 0.15) is 17.9 Å². The van der Waals surface area contributed by atoms with Crippen molar-refractivity contribution in [3.05, 3.63) is 17.5 Å². The summed E-state index contributed by atoms with van der Waals surface area (Å²) in [6, 6.07) is 3.89. The van der Waals surface area contributed by atoms with Gasteiger partial charge in [-0.3, -0.25) is 0 Å². The molecule has 10 heavy (non-hydrogen) atoms. The Morgan fingerprint density at radius 3 is 3.10 bits per heavy atom. The van der Waals surface area contributed by atoms with Crippen LogP contribution >= 0.6 is 0 Å². The fourth-order valence-corrected chi connectivity index (χ4v) is 0.720. The molecule has 0 amide bonds. The van der Waals surface area contributed by atoms with E-state index in [9.17, 15) is 0 Å². The first-order valence-electron chi connectivity index (χ1n) is 3.12. The van der Waals surface area contributed by atoms with Gasteiger partial charge >= 0.3 is 0 Å². The van der Waals surface area contributed by atoms with Crippen LogP contribution < -0.4 is 0 Å². The number of hydrogen-bond donors (Lipinski definition) is 0. The lowest BCUT2D eigenvalue weighted by Gasteiger charge is -1.81. The fraction of sp³-hybridized carbons (Fsp3) is 0.429. The van der Waals surface area contributed by atoms with Crippen molar-refractivity contribution >= 4 is 0 Å². The van der Waals surface area contributed by atoms with Crippen LogP contribution in [0.5, 0.6) is 0 Å². The lowest BCUT2D eigenvalue weighted by Crippen LogP contribution is -1.80. The summed E-state index contributed by atoms with van der Waals surface area (Å²) in [5.74, 6) is 0.799. The highest BCUT2D eigenvalue weighted by Crippen LogP contribution is 2.03. The van der Waals surface area contributed by atoms with E-state index in [-0.39, 0.29) is 0 Å². The first kappa shape index (κ1) is 6.81. The first-order chi connectivity index (χ1) is 4.83. The number of nitrogens with zero attached hydrogens (tertiary/aromatic N) is 2. The predicted octanol–water partition coefficient (Wildman–Crippen LogP) is 1.44. The van der Waals surface area contributed by atoms with E-state index in [0.717, 1.165) is 11.5 Å². The van der Waals surface area contributed by atoms with Crippen LogP contribution in [-0.2, 0) is 6.42 Å². The van der Waals surface area contributed by atoms with Crippen molar-refractivity contribution < 1.29 is 4.52 Å². The highest BCUT2D eigenvalue weighted by Gasteiger charge is 1.97. The molecular formula is C7H8N2O. The molecule has 0 aromatic carbocycles. The zero-order valence-corrected chi connectivity index (χ0v) is 5.79. The molecule has 0 aliphatic carbocycles. The maximum atomic E-state index is 8.23. The van der Waals surface area contributed by atoms with Gasteiger partial charge < -0.3 is 4.52 Å². The Balaban J connectivity index is 2.52. The van der Waals surface area contributed by atoms with Crippen LogP contribution in [0, 0.1) is 18.3 Å². The Morgan fingerprint density at radius 1 is 1.80 bits per heavy atom. The number of aromatic nitrogens is 1. The molecule has 0 saturated carbocycles. The molecule has 1 heterocycles. The zero-order valence-electron chi connectivity index (χ0n) is 5.79. The van der Waals surface area contributed by atoms with Crippen molar-refractivity contribution in [1.82, 2.24) is 5.16 Å². The molecule has 0 N–H and O–H groups in total. The lowest BCUT2D eigenvalue weighted by atomic mass is 10.2. The Kier molecular flexibility index (Phi) is 2.06. The van der Waals surface area contributed by atoms with Gasteiger partial charge in [-0.2, -0.15) is 5.26 Å². The minimum atomic E-state index is 0.506. The van der Waals surface area contributed by atoms with Crippen molar-refractivity contribution in [2.45, 2.75) is 19.8 Å². The third-order valence-corrected chi connectivity index (χ3v) is 1.17. The Labute approximate surface area is 59.2 Å². The number of rotatable bonds is 2. The number of aryl methyl sites for hydroxylation is 2. The van der Waals surface area contributed by atoms with Crippen molar-refractivity contribution in [3.8, 4) is 6.07 Å². The summed E-state index contributed by atoms with van der Waals surface area (Å²) in [5, 5.41) is 12.0. The second-order valence-corrected chi connectivity index (χ2v) is 2.09. The molecule has 0 bridgehead atoms. The van der Waals surface area contributed by atoms with Crippen LogP contribution in [0.2, 0.25) is 0 Å². The molecular weight excluding hydrogens is 128 g/mol. The Morgan fingerprint density at radius 2 is 2.60 bits per heavy atom. The third kappa shape index (κ3) is 1.59. The van der Waals surface area contributed by atoms with E-state index < -0.39 is 0 Å². The predicted molar refractivity (Wildman–Crippen MR) is 35.2 cm³/mol. The average Bonchev–Trinajstić information content (AvgIpc) is 2.31. The zero-order chi connectivity index (χ0) is 7.40. The van der Waals surface area contributed by atoms with Gasteiger partial charge in [-0.15, -0.1) is 0 Å². The van der Waals surface area contributed by atoms with E-state index in [1.807, 2.05) is 19.1 Å². The largest absolute Gasteiger partial charge is 0.361 e. The summed E-state index contributed by atoms with van der Waals surface area (Å²) in [6.07, 6.45) is 1.19. The minimum Gasteiger partial charge on any atom is -0.361 e. The van der Waals surface area contributed by atoms with Crippen LogP contribution in [0.3, 0.4) is 0 Å². The van der Waals surface area contributed by atoms with Crippen molar-refractivity contribution in [2.24, 2.45) is 0 Å². The van der Waals surface area contributed by atoms with E-state index >= 15 is 0 Å². The molecule has 3 heteroatoms. The molecule has 1 rings (SSSR count). The summed E-state index contributed by atoms with van der Waals surface area (Å²) in [7, 11) is 0. The van der Waals surface area contributed by atoms with E-state index in [4.69, 9.17) is 9.78 Å². The number of hydrogen-bond acceptors (Lipinski definition) is 3. The van der Waals surface area contributed by atoms with Crippen LogP contribution in [0.4, 0.5) is 0 Å². The highest BCUT2D eigenvalue weighted by atomic mass is 16.5. The summed E-state index contributed by atoms with van der Waals surface area (Å²) < 4.78 is 4.80. The van der Waals surface area contributed by atoms with E-state index in [1.54, 1.807) is 0 Å². The third-order valence-electron chi connectivity index (χ3n) is 1.17.